The minimum Gasteiger partial charge on any atom is -0.435 e. The molecule has 0 spiro atoms. The maximum atomic E-state index is 13.8. The second-order valence-corrected chi connectivity index (χ2v) is 10.5. The van der Waals surface area contributed by atoms with Gasteiger partial charge in [0.1, 0.15) is 17.4 Å². The van der Waals surface area contributed by atoms with E-state index >= 15 is 0 Å². The number of amides is 1. The van der Waals surface area contributed by atoms with E-state index < -0.39 is 45.6 Å². The number of hydrogen-bond acceptors (Lipinski definition) is 7. The van der Waals surface area contributed by atoms with E-state index in [0.29, 0.717) is 6.54 Å². The van der Waals surface area contributed by atoms with Gasteiger partial charge in [-0.1, -0.05) is 31.2 Å². The van der Waals surface area contributed by atoms with Crippen molar-refractivity contribution in [2.75, 3.05) is 17.5 Å². The number of aliphatic hydroxyl groups is 1. The molecule has 37 heavy (non-hydrogen) atoms. The molecule has 0 fully saturated rings. The minimum absolute atomic E-state index is 0.0601. The Morgan fingerprint density at radius 1 is 1.11 bits per heavy atom. The van der Waals surface area contributed by atoms with Crippen molar-refractivity contribution in [3.8, 4) is 0 Å². The summed E-state index contributed by atoms with van der Waals surface area (Å²) >= 11 is 0. The summed E-state index contributed by atoms with van der Waals surface area (Å²) in [7, 11) is -3.66. The monoisotopic (exact) mass is 536 g/mol. The Bertz CT molecular complexity index is 1330. The van der Waals surface area contributed by atoms with Crippen LogP contribution >= 0.6 is 0 Å². The number of nitrogens with zero attached hydrogens (tertiary/aromatic N) is 1. The molecule has 1 heterocycles. The van der Waals surface area contributed by atoms with Gasteiger partial charge in [-0.15, -0.1) is 0 Å². The molecule has 0 unspecified atom stereocenters. The molecule has 200 valence electrons. The molecular formula is C25H30F2N4O5S. The van der Waals surface area contributed by atoms with Crippen LogP contribution in [-0.2, 0) is 29.4 Å². The molecule has 0 saturated carbocycles. The van der Waals surface area contributed by atoms with E-state index in [1.807, 2.05) is 31.2 Å². The third kappa shape index (κ3) is 8.62. The molecule has 12 heteroatoms. The van der Waals surface area contributed by atoms with Crippen molar-refractivity contribution in [3.05, 3.63) is 82.4 Å². The highest BCUT2D eigenvalue weighted by molar-refractivity contribution is 7.92. The number of aliphatic hydroxyl groups excluding tert-OH is 1. The van der Waals surface area contributed by atoms with Crippen molar-refractivity contribution < 1.29 is 31.5 Å². The molecule has 1 aromatic heterocycles. The van der Waals surface area contributed by atoms with Crippen LogP contribution in [0.25, 0.3) is 0 Å². The molecule has 2 aromatic carbocycles. The molecule has 9 nitrogen and oxygen atoms in total. The number of carbonyl (C=O) groups is 1. The van der Waals surface area contributed by atoms with Crippen LogP contribution in [0.2, 0.25) is 0 Å². The summed E-state index contributed by atoms with van der Waals surface area (Å²) in [5, 5.41) is 16.6. The van der Waals surface area contributed by atoms with Crippen LogP contribution < -0.4 is 15.4 Å². The third-order valence-corrected chi connectivity index (χ3v) is 6.08. The first-order valence-corrected chi connectivity index (χ1v) is 13.5. The normalized spacial score (nSPS) is 13.2. The van der Waals surface area contributed by atoms with Crippen LogP contribution in [0.15, 0.2) is 46.9 Å². The van der Waals surface area contributed by atoms with Crippen molar-refractivity contribution in [1.29, 1.82) is 0 Å². The number of nitrogens with one attached hydrogen (secondary N) is 3. The van der Waals surface area contributed by atoms with Crippen molar-refractivity contribution in [2.24, 2.45) is 0 Å². The first-order valence-electron chi connectivity index (χ1n) is 11.6. The fourth-order valence-corrected chi connectivity index (χ4v) is 4.27. The van der Waals surface area contributed by atoms with E-state index in [0.717, 1.165) is 36.4 Å². The zero-order valence-corrected chi connectivity index (χ0v) is 21.5. The van der Waals surface area contributed by atoms with Gasteiger partial charge in [-0.05, 0) is 48.6 Å². The molecule has 2 atom stereocenters. The van der Waals surface area contributed by atoms with Crippen LogP contribution in [0.1, 0.15) is 40.1 Å². The molecule has 0 aliphatic heterocycles. The summed E-state index contributed by atoms with van der Waals surface area (Å²) in [5.74, 6) is -2.92. The number of aromatic nitrogens is 1. The fraction of sp³-hybridized carbons (Fsp3) is 0.360. The molecule has 3 rings (SSSR count). The Kier molecular flexibility index (Phi) is 9.35. The lowest BCUT2D eigenvalue weighted by Gasteiger charge is -2.24. The summed E-state index contributed by atoms with van der Waals surface area (Å²) in [4.78, 5) is 16.7. The Morgan fingerprint density at radius 3 is 2.43 bits per heavy atom. The van der Waals surface area contributed by atoms with Gasteiger partial charge in [0.15, 0.2) is 5.82 Å². The number of halogens is 2. The van der Waals surface area contributed by atoms with E-state index in [1.54, 1.807) is 0 Å². The maximum absolute atomic E-state index is 13.8. The predicted octanol–water partition coefficient (Wildman–Crippen LogP) is 2.69. The summed E-state index contributed by atoms with van der Waals surface area (Å²) in [6, 6.07) is 9.92. The van der Waals surface area contributed by atoms with Crippen LogP contribution in [0.4, 0.5) is 14.6 Å². The largest absolute Gasteiger partial charge is 0.435 e. The zero-order valence-electron chi connectivity index (χ0n) is 20.7. The summed E-state index contributed by atoms with van der Waals surface area (Å²) in [6.45, 7) is 4.00. The molecule has 0 saturated heterocycles. The van der Waals surface area contributed by atoms with Gasteiger partial charge >= 0.3 is 5.91 Å². The van der Waals surface area contributed by atoms with Gasteiger partial charge < -0.3 is 20.2 Å². The molecular weight excluding hydrogens is 506 g/mol. The topological polar surface area (TPSA) is 134 Å². The summed E-state index contributed by atoms with van der Waals surface area (Å²) in [5.41, 5.74) is 2.41. The molecule has 0 radical (unpaired) electrons. The van der Waals surface area contributed by atoms with Gasteiger partial charge in [-0.3, -0.25) is 9.52 Å². The van der Waals surface area contributed by atoms with Gasteiger partial charge in [-0.25, -0.2) is 17.2 Å². The van der Waals surface area contributed by atoms with E-state index in [9.17, 15) is 27.1 Å². The highest BCUT2D eigenvalue weighted by atomic mass is 32.2. The zero-order chi connectivity index (χ0) is 27.2. The van der Waals surface area contributed by atoms with Gasteiger partial charge in [0, 0.05) is 19.2 Å². The lowest BCUT2D eigenvalue weighted by molar-refractivity contribution is 0.0797. The van der Waals surface area contributed by atoms with Crippen LogP contribution in [0.3, 0.4) is 0 Å². The van der Waals surface area contributed by atoms with Crippen LogP contribution in [0.5, 0.6) is 0 Å². The second-order valence-electron chi connectivity index (χ2n) is 8.73. The molecule has 4 N–H and O–H groups in total. The van der Waals surface area contributed by atoms with E-state index in [-0.39, 0.29) is 30.1 Å². The quantitative estimate of drug-likeness (QED) is 0.280. The number of anilines is 1. The van der Waals surface area contributed by atoms with E-state index in [2.05, 4.69) is 20.3 Å². The van der Waals surface area contributed by atoms with E-state index in [4.69, 9.17) is 4.42 Å². The number of aryl methyl sites for hydroxylation is 2. The van der Waals surface area contributed by atoms with Crippen molar-refractivity contribution in [3.63, 3.8) is 0 Å². The molecule has 0 aliphatic rings. The number of benzene rings is 2. The Balaban J connectivity index is 1.74. The van der Waals surface area contributed by atoms with Crippen molar-refractivity contribution in [1.82, 2.24) is 15.6 Å². The first kappa shape index (κ1) is 28.2. The number of hydrogen-bond donors (Lipinski definition) is 4. The molecule has 1 amide bonds. The predicted molar refractivity (Wildman–Crippen MR) is 135 cm³/mol. The highest BCUT2D eigenvalue weighted by Gasteiger charge is 2.26. The van der Waals surface area contributed by atoms with Crippen molar-refractivity contribution in [2.45, 2.75) is 45.4 Å². The minimum atomic E-state index is -3.66. The smallest absolute Gasteiger partial charge is 0.307 e. The number of carbonyl (C=O) groups excluding carboxylic acids is 1. The van der Waals surface area contributed by atoms with Gasteiger partial charge in [0.25, 0.3) is 5.89 Å². The molecule has 0 aliphatic carbocycles. The summed E-state index contributed by atoms with van der Waals surface area (Å²) < 4.78 is 58.0. The average molecular weight is 537 g/mol. The molecule has 0 bridgehead atoms. The highest BCUT2D eigenvalue weighted by Crippen LogP contribution is 2.17. The van der Waals surface area contributed by atoms with Gasteiger partial charge in [0.2, 0.25) is 10.0 Å². The fourth-order valence-electron chi connectivity index (χ4n) is 3.73. The SMILES string of the molecule is CCc1cccc(CNC[C@@H](O)[C@H](Cc2cc(F)cc(F)c2)NC(=O)c2nc(NS(C)(=O)=O)c(C)o2)c1. The van der Waals surface area contributed by atoms with E-state index in [1.165, 1.54) is 12.5 Å². The van der Waals surface area contributed by atoms with Crippen LogP contribution in [-0.4, -0.2) is 49.4 Å². The molecule has 3 aromatic rings. The van der Waals surface area contributed by atoms with Gasteiger partial charge in [0.05, 0.1) is 18.4 Å². The number of oxazole rings is 1. The maximum Gasteiger partial charge on any atom is 0.307 e. The number of rotatable bonds is 12. The lowest BCUT2D eigenvalue weighted by Crippen LogP contribution is -2.48. The average Bonchev–Trinajstić information content (AvgIpc) is 3.16. The van der Waals surface area contributed by atoms with Crippen molar-refractivity contribution >= 4 is 21.7 Å². The summed E-state index contributed by atoms with van der Waals surface area (Å²) in [6.07, 6.45) is 0.560. The van der Waals surface area contributed by atoms with Gasteiger partial charge in [-0.2, -0.15) is 4.98 Å². The Hall–Kier alpha value is -3.35. The first-order chi connectivity index (χ1) is 17.4. The Morgan fingerprint density at radius 2 is 1.78 bits per heavy atom. The van der Waals surface area contributed by atoms with Crippen LogP contribution in [0, 0.1) is 18.6 Å². The lowest BCUT2D eigenvalue weighted by atomic mass is 10.0. The second kappa shape index (κ2) is 12.3. The Labute approximate surface area is 214 Å². The standard InChI is InChI=1S/C25H30F2N4O5S/c1-4-16-6-5-7-17(8-16)13-28-14-22(32)21(11-18-9-19(26)12-20(27)10-18)29-24(33)25-30-23(15(2)36-25)31-37(3,34)35/h5-10,12,21-22,28,31-32H,4,11,13-14H2,1-3H3,(H,29,33)/t21-,22+/m0/s1. The third-order valence-electron chi connectivity index (χ3n) is 5.51. The number of sulfonamides is 1.